The Labute approximate surface area is 167 Å². The summed E-state index contributed by atoms with van der Waals surface area (Å²) >= 11 is 7.80. The number of ether oxygens (including phenoxy) is 1. The van der Waals surface area contributed by atoms with Crippen LogP contribution >= 0.6 is 23.5 Å². The molecule has 2 aromatic carbocycles. The summed E-state index contributed by atoms with van der Waals surface area (Å²) in [6.45, 7) is 6.87. The predicted octanol–water partition coefficient (Wildman–Crippen LogP) is 5.21. The highest BCUT2D eigenvalue weighted by Crippen LogP contribution is 2.22. The lowest BCUT2D eigenvalue weighted by Crippen LogP contribution is -2.26. The van der Waals surface area contributed by atoms with Gasteiger partial charge in [0.05, 0.1) is 6.61 Å². The lowest BCUT2D eigenvalue weighted by molar-refractivity contribution is 0.256. The topological polar surface area (TPSA) is 24.5 Å². The Hall–Kier alpha value is -1.36. The Balaban J connectivity index is 1.66. The predicted molar refractivity (Wildman–Crippen MR) is 116 cm³/mol. The zero-order valence-corrected chi connectivity index (χ0v) is 17.7. The highest BCUT2D eigenvalue weighted by atomic mass is 35.5. The van der Waals surface area contributed by atoms with Gasteiger partial charge in [0, 0.05) is 36.5 Å². The normalized spacial score (nSPS) is 12.0. The van der Waals surface area contributed by atoms with Crippen LogP contribution in [0, 0.1) is 12.8 Å². The molecule has 0 aliphatic heterocycles. The molecule has 0 aromatic heterocycles. The van der Waals surface area contributed by atoms with Crippen molar-refractivity contribution in [2.45, 2.75) is 20.3 Å². The first-order valence-electron chi connectivity index (χ1n) is 8.95. The van der Waals surface area contributed by atoms with Crippen LogP contribution in [0.15, 0.2) is 42.5 Å². The monoisotopic (exact) mass is 392 g/mol. The summed E-state index contributed by atoms with van der Waals surface area (Å²) in [4.78, 5) is 0. The second kappa shape index (κ2) is 10.7. The first-order valence-corrected chi connectivity index (χ1v) is 10.5. The molecular formula is C21H29ClN2OS. The van der Waals surface area contributed by atoms with Gasteiger partial charge in [-0.05, 0) is 67.4 Å². The van der Waals surface area contributed by atoms with Gasteiger partial charge in [-0.3, -0.25) is 0 Å². The van der Waals surface area contributed by atoms with Crippen molar-refractivity contribution in [1.82, 2.24) is 5.32 Å². The molecule has 2 rings (SSSR count). The Morgan fingerprint density at radius 2 is 1.92 bits per heavy atom. The molecule has 0 amide bonds. The molecule has 0 saturated heterocycles. The molecule has 1 N–H and O–H groups in total. The van der Waals surface area contributed by atoms with Crippen molar-refractivity contribution < 1.29 is 4.74 Å². The summed E-state index contributed by atoms with van der Waals surface area (Å²) in [5, 5.41) is 4.32. The maximum Gasteiger partial charge on any atom is 0.119 e. The van der Waals surface area contributed by atoms with E-state index in [1.54, 1.807) is 11.9 Å². The Kier molecular flexibility index (Phi) is 8.63. The molecule has 0 saturated carbocycles. The van der Waals surface area contributed by atoms with Gasteiger partial charge >= 0.3 is 0 Å². The third kappa shape index (κ3) is 7.10. The van der Waals surface area contributed by atoms with Gasteiger partial charge in [0.2, 0.25) is 0 Å². The molecular weight excluding hydrogens is 364 g/mol. The van der Waals surface area contributed by atoms with E-state index in [1.165, 1.54) is 16.8 Å². The summed E-state index contributed by atoms with van der Waals surface area (Å²) in [7, 11) is 2.05. The highest BCUT2D eigenvalue weighted by Gasteiger charge is 2.05. The average molecular weight is 393 g/mol. The Bertz CT molecular complexity index is 658. The van der Waals surface area contributed by atoms with Crippen molar-refractivity contribution in [3.05, 3.63) is 58.6 Å². The standard InChI is InChI=1S/C21H29ClN2OS/c1-16-11-18(13-19(22)12-16)9-10-23-14-17(2)15-25-21-7-5-20(6-8-21)24(3)26-4/h5-8,11-13,17,23H,9-10,14-15H2,1-4H3. The number of hydrogen-bond acceptors (Lipinski definition) is 4. The van der Waals surface area contributed by atoms with E-state index >= 15 is 0 Å². The second-order valence-electron chi connectivity index (χ2n) is 6.68. The van der Waals surface area contributed by atoms with Gasteiger partial charge in [0.25, 0.3) is 0 Å². The maximum atomic E-state index is 6.11. The van der Waals surface area contributed by atoms with Crippen LogP contribution in [-0.4, -0.2) is 33.0 Å². The van der Waals surface area contributed by atoms with Gasteiger partial charge in [0.15, 0.2) is 0 Å². The van der Waals surface area contributed by atoms with Gasteiger partial charge < -0.3 is 14.4 Å². The lowest BCUT2D eigenvalue weighted by atomic mass is 10.1. The van der Waals surface area contributed by atoms with E-state index in [4.69, 9.17) is 16.3 Å². The van der Waals surface area contributed by atoms with Crippen LogP contribution in [-0.2, 0) is 6.42 Å². The minimum atomic E-state index is 0.449. The number of aryl methyl sites for hydroxylation is 1. The molecule has 0 heterocycles. The molecule has 2 aromatic rings. The largest absolute Gasteiger partial charge is 0.493 e. The molecule has 0 bridgehead atoms. The Morgan fingerprint density at radius 1 is 1.19 bits per heavy atom. The number of nitrogens with one attached hydrogen (secondary N) is 1. The summed E-state index contributed by atoms with van der Waals surface area (Å²) in [5.74, 6) is 1.37. The molecule has 0 fully saturated rings. The average Bonchev–Trinajstić information content (AvgIpc) is 2.62. The van der Waals surface area contributed by atoms with Crippen LogP contribution in [0.5, 0.6) is 5.75 Å². The number of anilines is 1. The van der Waals surface area contributed by atoms with Crippen molar-refractivity contribution in [2.24, 2.45) is 5.92 Å². The summed E-state index contributed by atoms with van der Waals surface area (Å²) in [6.07, 6.45) is 3.05. The molecule has 1 unspecified atom stereocenters. The first kappa shape index (κ1) is 20.9. The minimum absolute atomic E-state index is 0.449. The van der Waals surface area contributed by atoms with Gasteiger partial charge in [-0.2, -0.15) is 0 Å². The molecule has 142 valence electrons. The summed E-state index contributed by atoms with van der Waals surface area (Å²) in [5.41, 5.74) is 3.67. The molecule has 0 spiro atoms. The van der Waals surface area contributed by atoms with E-state index in [0.29, 0.717) is 12.5 Å². The van der Waals surface area contributed by atoms with Gasteiger partial charge in [-0.15, -0.1) is 0 Å². The molecule has 3 nitrogen and oxygen atoms in total. The molecule has 0 radical (unpaired) electrons. The van der Waals surface area contributed by atoms with Crippen molar-refractivity contribution in [2.75, 3.05) is 37.3 Å². The maximum absolute atomic E-state index is 6.11. The van der Waals surface area contributed by atoms with Crippen LogP contribution in [0.2, 0.25) is 5.02 Å². The smallest absolute Gasteiger partial charge is 0.119 e. The fourth-order valence-corrected chi connectivity index (χ4v) is 3.34. The van der Waals surface area contributed by atoms with E-state index < -0.39 is 0 Å². The zero-order valence-electron chi connectivity index (χ0n) is 16.1. The lowest BCUT2D eigenvalue weighted by Gasteiger charge is -2.17. The number of nitrogens with zero attached hydrogens (tertiary/aromatic N) is 1. The van der Waals surface area contributed by atoms with E-state index in [-0.39, 0.29) is 0 Å². The molecule has 5 heteroatoms. The SMILES string of the molecule is CSN(C)c1ccc(OCC(C)CNCCc2cc(C)cc(Cl)c2)cc1. The third-order valence-corrected chi connectivity index (χ3v) is 5.17. The van der Waals surface area contributed by atoms with Crippen molar-refractivity contribution >= 4 is 29.2 Å². The number of rotatable bonds is 10. The van der Waals surface area contributed by atoms with Gasteiger partial charge in [-0.25, -0.2) is 0 Å². The van der Waals surface area contributed by atoms with E-state index in [9.17, 15) is 0 Å². The highest BCUT2D eigenvalue weighted by molar-refractivity contribution is 7.99. The third-order valence-electron chi connectivity index (χ3n) is 4.19. The molecule has 0 aliphatic rings. The quantitative estimate of drug-likeness (QED) is 0.443. The zero-order chi connectivity index (χ0) is 18.9. The van der Waals surface area contributed by atoms with E-state index in [2.05, 4.69) is 55.0 Å². The van der Waals surface area contributed by atoms with Gasteiger partial charge in [0.1, 0.15) is 5.75 Å². The van der Waals surface area contributed by atoms with Crippen LogP contribution in [0.3, 0.4) is 0 Å². The van der Waals surface area contributed by atoms with Crippen LogP contribution < -0.4 is 14.4 Å². The van der Waals surface area contributed by atoms with Gasteiger partial charge in [-0.1, -0.05) is 36.5 Å². The fourth-order valence-electron chi connectivity index (χ4n) is 2.69. The molecule has 26 heavy (non-hydrogen) atoms. The van der Waals surface area contributed by atoms with Crippen LogP contribution in [0.1, 0.15) is 18.1 Å². The second-order valence-corrected chi connectivity index (χ2v) is 8.03. The fraction of sp³-hybridized carbons (Fsp3) is 0.429. The number of hydrogen-bond donors (Lipinski definition) is 1. The summed E-state index contributed by atoms with van der Waals surface area (Å²) < 4.78 is 8.02. The Morgan fingerprint density at radius 3 is 2.58 bits per heavy atom. The minimum Gasteiger partial charge on any atom is -0.493 e. The number of benzene rings is 2. The van der Waals surface area contributed by atoms with Crippen LogP contribution in [0.4, 0.5) is 5.69 Å². The molecule has 1 atom stereocenters. The van der Waals surface area contributed by atoms with Crippen molar-refractivity contribution in [1.29, 1.82) is 0 Å². The van der Waals surface area contributed by atoms with Crippen molar-refractivity contribution in [3.8, 4) is 5.75 Å². The number of halogens is 1. The van der Waals surface area contributed by atoms with E-state index in [1.807, 2.05) is 24.3 Å². The van der Waals surface area contributed by atoms with Crippen LogP contribution in [0.25, 0.3) is 0 Å². The van der Waals surface area contributed by atoms with E-state index in [0.717, 1.165) is 30.3 Å². The van der Waals surface area contributed by atoms with Crippen molar-refractivity contribution in [3.63, 3.8) is 0 Å². The first-order chi connectivity index (χ1) is 12.5. The molecule has 0 aliphatic carbocycles. The summed E-state index contributed by atoms with van der Waals surface area (Å²) in [6, 6.07) is 14.5.